The van der Waals surface area contributed by atoms with E-state index in [-0.39, 0.29) is 10.4 Å². The molecule has 0 saturated heterocycles. The van der Waals surface area contributed by atoms with Gasteiger partial charge in [-0.2, -0.15) is 5.10 Å². The normalized spacial score (nSPS) is 11.8. The van der Waals surface area contributed by atoms with Gasteiger partial charge < -0.3 is 0 Å². The molecule has 144 valence electrons. The summed E-state index contributed by atoms with van der Waals surface area (Å²) in [5.41, 5.74) is 4.64. The average Bonchev–Trinajstić information content (AvgIpc) is 3.23. The number of aryl methyl sites for hydroxylation is 2. The molecule has 4 aromatic rings. The van der Waals surface area contributed by atoms with Crippen LogP contribution in [0.2, 0.25) is 0 Å². The fraction of sp³-hybridized carbons (Fsp3) is 0.211. The van der Waals surface area contributed by atoms with Gasteiger partial charge in [0.1, 0.15) is 10.4 Å². The maximum Gasteiger partial charge on any atom is 0.264 e. The summed E-state index contributed by atoms with van der Waals surface area (Å²) in [5.74, 6) is 0. The van der Waals surface area contributed by atoms with E-state index in [2.05, 4.69) is 24.8 Å². The maximum absolute atomic E-state index is 13.0. The van der Waals surface area contributed by atoms with Crippen molar-refractivity contribution < 1.29 is 13.0 Å². The van der Waals surface area contributed by atoms with Crippen LogP contribution in [0, 0.1) is 20.8 Å². The first-order valence-electron chi connectivity index (χ1n) is 8.69. The number of sulfonamides is 1. The standard InChI is InChI=1S/C19H19N5O3S/c1-12-7-4-5-8-15(12)11-24-14(3)18(13(2)20-24)23-28(25,26)17-10-6-9-16-19(17)22-27-21-16/h4-10,23H,11H2,1-3H3. The lowest BCUT2D eigenvalue weighted by Crippen LogP contribution is -2.15. The molecule has 0 atom stereocenters. The van der Waals surface area contributed by atoms with Crippen LogP contribution in [-0.2, 0) is 16.6 Å². The minimum Gasteiger partial charge on any atom is -0.276 e. The van der Waals surface area contributed by atoms with E-state index in [0.717, 1.165) is 16.8 Å². The van der Waals surface area contributed by atoms with Crippen LogP contribution in [0.1, 0.15) is 22.5 Å². The lowest BCUT2D eigenvalue weighted by Gasteiger charge is -2.10. The highest BCUT2D eigenvalue weighted by Crippen LogP contribution is 2.27. The second-order valence-corrected chi connectivity index (χ2v) is 8.27. The molecule has 0 unspecified atom stereocenters. The van der Waals surface area contributed by atoms with Gasteiger partial charge in [0.2, 0.25) is 0 Å². The van der Waals surface area contributed by atoms with Crippen LogP contribution in [-0.4, -0.2) is 28.5 Å². The van der Waals surface area contributed by atoms with Crippen LogP contribution in [0.15, 0.2) is 52.0 Å². The number of hydrogen-bond acceptors (Lipinski definition) is 6. The summed E-state index contributed by atoms with van der Waals surface area (Å²) in [6, 6.07) is 12.7. The Kier molecular flexibility index (Phi) is 4.38. The number of anilines is 1. The summed E-state index contributed by atoms with van der Waals surface area (Å²) < 4.78 is 35.1. The molecular formula is C19H19N5O3S. The van der Waals surface area contributed by atoms with Gasteiger partial charge in [0.15, 0.2) is 5.52 Å². The molecule has 4 rings (SSSR count). The predicted molar refractivity (Wildman–Crippen MR) is 105 cm³/mol. The molecule has 2 aromatic heterocycles. The number of nitrogens with one attached hydrogen (secondary N) is 1. The molecule has 0 amide bonds. The maximum atomic E-state index is 13.0. The second kappa shape index (κ2) is 6.75. The van der Waals surface area contributed by atoms with E-state index < -0.39 is 10.0 Å². The van der Waals surface area contributed by atoms with E-state index in [1.165, 1.54) is 6.07 Å². The summed E-state index contributed by atoms with van der Waals surface area (Å²) in [6.07, 6.45) is 0. The Labute approximate surface area is 162 Å². The third-order valence-corrected chi connectivity index (χ3v) is 6.12. The van der Waals surface area contributed by atoms with Crippen LogP contribution < -0.4 is 4.72 Å². The first kappa shape index (κ1) is 18.2. The second-order valence-electron chi connectivity index (χ2n) is 6.62. The highest BCUT2D eigenvalue weighted by Gasteiger charge is 2.24. The summed E-state index contributed by atoms with van der Waals surface area (Å²) in [6.45, 7) is 6.22. The van der Waals surface area contributed by atoms with Gasteiger partial charge in [0.05, 0.1) is 23.6 Å². The van der Waals surface area contributed by atoms with Gasteiger partial charge in [-0.15, -0.1) is 0 Å². The van der Waals surface area contributed by atoms with E-state index in [0.29, 0.717) is 23.4 Å². The van der Waals surface area contributed by atoms with Gasteiger partial charge in [0.25, 0.3) is 10.0 Å². The van der Waals surface area contributed by atoms with E-state index in [4.69, 9.17) is 0 Å². The zero-order valence-corrected chi connectivity index (χ0v) is 16.5. The largest absolute Gasteiger partial charge is 0.276 e. The van der Waals surface area contributed by atoms with Gasteiger partial charge in [-0.25, -0.2) is 13.0 Å². The van der Waals surface area contributed by atoms with Crippen molar-refractivity contribution in [3.8, 4) is 0 Å². The van der Waals surface area contributed by atoms with E-state index in [9.17, 15) is 8.42 Å². The van der Waals surface area contributed by atoms with Crippen molar-refractivity contribution >= 4 is 26.7 Å². The molecule has 0 spiro atoms. The molecule has 0 aliphatic carbocycles. The minimum atomic E-state index is -3.89. The van der Waals surface area contributed by atoms with Gasteiger partial charge in [-0.1, -0.05) is 30.3 Å². The molecule has 0 saturated carbocycles. The molecule has 0 bridgehead atoms. The van der Waals surface area contributed by atoms with Gasteiger partial charge in [0, 0.05) is 0 Å². The van der Waals surface area contributed by atoms with Crippen molar-refractivity contribution in [2.45, 2.75) is 32.2 Å². The van der Waals surface area contributed by atoms with Crippen molar-refractivity contribution in [2.24, 2.45) is 0 Å². The van der Waals surface area contributed by atoms with Crippen LogP contribution in [0.25, 0.3) is 11.0 Å². The van der Waals surface area contributed by atoms with Gasteiger partial charge in [-0.05, 0) is 54.3 Å². The van der Waals surface area contributed by atoms with E-state index >= 15 is 0 Å². The molecule has 0 fully saturated rings. The summed E-state index contributed by atoms with van der Waals surface area (Å²) in [4.78, 5) is 0.0108. The Balaban J connectivity index is 1.70. The zero-order valence-electron chi connectivity index (χ0n) is 15.7. The number of hydrogen-bond donors (Lipinski definition) is 1. The number of fused-ring (bicyclic) bond motifs is 1. The molecule has 8 nitrogen and oxygen atoms in total. The topological polar surface area (TPSA) is 103 Å². The number of rotatable bonds is 5. The molecular weight excluding hydrogens is 378 g/mol. The molecule has 1 N–H and O–H groups in total. The average molecular weight is 397 g/mol. The summed E-state index contributed by atoms with van der Waals surface area (Å²) in [7, 11) is -3.89. The molecule has 0 radical (unpaired) electrons. The first-order valence-corrected chi connectivity index (χ1v) is 10.2. The monoisotopic (exact) mass is 397 g/mol. The van der Waals surface area contributed by atoms with Crippen molar-refractivity contribution in [3.63, 3.8) is 0 Å². The Morgan fingerprint density at radius 2 is 1.82 bits per heavy atom. The zero-order chi connectivity index (χ0) is 19.9. The Bertz CT molecular complexity index is 1270. The highest BCUT2D eigenvalue weighted by atomic mass is 32.2. The van der Waals surface area contributed by atoms with E-state index in [1.54, 1.807) is 23.7 Å². The summed E-state index contributed by atoms with van der Waals surface area (Å²) in [5, 5.41) is 11.9. The molecule has 9 heteroatoms. The Hall–Kier alpha value is -3.20. The van der Waals surface area contributed by atoms with Crippen molar-refractivity contribution in [1.29, 1.82) is 0 Å². The molecule has 0 aliphatic rings. The predicted octanol–water partition coefficient (Wildman–Crippen LogP) is 3.19. The highest BCUT2D eigenvalue weighted by molar-refractivity contribution is 7.93. The van der Waals surface area contributed by atoms with Crippen LogP contribution >= 0.6 is 0 Å². The first-order chi connectivity index (χ1) is 13.4. The van der Waals surface area contributed by atoms with Crippen LogP contribution in [0.4, 0.5) is 5.69 Å². The lowest BCUT2D eigenvalue weighted by molar-refractivity contribution is 0.315. The molecule has 0 aliphatic heterocycles. The summed E-state index contributed by atoms with van der Waals surface area (Å²) >= 11 is 0. The Morgan fingerprint density at radius 1 is 1.04 bits per heavy atom. The fourth-order valence-corrected chi connectivity index (χ4v) is 4.46. The Morgan fingerprint density at radius 3 is 2.61 bits per heavy atom. The smallest absolute Gasteiger partial charge is 0.264 e. The number of benzene rings is 2. The number of aromatic nitrogens is 4. The third kappa shape index (κ3) is 3.13. The van der Waals surface area contributed by atoms with Crippen molar-refractivity contribution in [1.82, 2.24) is 20.1 Å². The molecule has 2 heterocycles. The lowest BCUT2D eigenvalue weighted by atomic mass is 10.1. The third-order valence-electron chi connectivity index (χ3n) is 4.74. The van der Waals surface area contributed by atoms with Crippen molar-refractivity contribution in [2.75, 3.05) is 4.72 Å². The quantitative estimate of drug-likeness (QED) is 0.555. The van der Waals surface area contributed by atoms with Gasteiger partial charge in [-0.3, -0.25) is 9.40 Å². The van der Waals surface area contributed by atoms with Crippen LogP contribution in [0.5, 0.6) is 0 Å². The SMILES string of the molecule is Cc1ccccc1Cn1nc(C)c(NS(=O)(=O)c2cccc3nonc23)c1C. The number of nitrogens with zero attached hydrogens (tertiary/aromatic N) is 4. The van der Waals surface area contributed by atoms with Crippen molar-refractivity contribution in [3.05, 3.63) is 65.0 Å². The van der Waals surface area contributed by atoms with E-state index in [1.807, 2.05) is 38.1 Å². The fourth-order valence-electron chi connectivity index (χ4n) is 3.13. The molecule has 2 aromatic carbocycles. The minimum absolute atomic E-state index is 0.0108. The van der Waals surface area contributed by atoms with Gasteiger partial charge >= 0.3 is 0 Å². The molecule has 28 heavy (non-hydrogen) atoms. The van der Waals surface area contributed by atoms with Crippen LogP contribution in [0.3, 0.4) is 0 Å².